The van der Waals surface area contributed by atoms with Gasteiger partial charge < -0.3 is 10.1 Å². The molecule has 3 heteroatoms. The lowest BCUT2D eigenvalue weighted by Gasteiger charge is -2.16. The van der Waals surface area contributed by atoms with Crippen LogP contribution in [0.1, 0.15) is 37.3 Å². The zero-order valence-corrected chi connectivity index (χ0v) is 11.6. The van der Waals surface area contributed by atoms with Crippen LogP contribution >= 0.6 is 12.4 Å². The van der Waals surface area contributed by atoms with Crippen molar-refractivity contribution >= 4 is 12.4 Å². The van der Waals surface area contributed by atoms with Gasteiger partial charge in [0, 0.05) is 6.54 Å². The quantitative estimate of drug-likeness (QED) is 0.895. The van der Waals surface area contributed by atoms with Crippen molar-refractivity contribution in [1.82, 2.24) is 5.32 Å². The van der Waals surface area contributed by atoms with E-state index < -0.39 is 0 Å². The van der Waals surface area contributed by atoms with E-state index in [4.69, 9.17) is 4.74 Å². The maximum absolute atomic E-state index is 6.03. The van der Waals surface area contributed by atoms with Crippen molar-refractivity contribution in [2.24, 2.45) is 0 Å². The molecule has 17 heavy (non-hydrogen) atoms. The minimum atomic E-state index is 0. The van der Waals surface area contributed by atoms with Gasteiger partial charge in [0.1, 0.15) is 11.9 Å². The SMILES string of the molecule is Cc1ccc(C(C)C)cc1OC1CCNC1.Cl. The molecule has 0 spiro atoms. The van der Waals surface area contributed by atoms with E-state index in [-0.39, 0.29) is 12.4 Å². The Hall–Kier alpha value is -0.730. The summed E-state index contributed by atoms with van der Waals surface area (Å²) in [5.41, 5.74) is 2.59. The van der Waals surface area contributed by atoms with Crippen molar-refractivity contribution in [2.45, 2.75) is 39.2 Å². The van der Waals surface area contributed by atoms with E-state index in [1.54, 1.807) is 0 Å². The molecule has 1 aromatic carbocycles. The van der Waals surface area contributed by atoms with E-state index in [2.05, 4.69) is 44.3 Å². The maximum atomic E-state index is 6.03. The summed E-state index contributed by atoms with van der Waals surface area (Å²) in [5.74, 6) is 1.62. The van der Waals surface area contributed by atoms with Gasteiger partial charge in [-0.05, 0) is 43.0 Å². The Balaban J connectivity index is 0.00000144. The molecule has 0 bridgehead atoms. The fraction of sp³-hybridized carbons (Fsp3) is 0.571. The largest absolute Gasteiger partial charge is 0.489 e. The fourth-order valence-corrected chi connectivity index (χ4v) is 2.01. The summed E-state index contributed by atoms with van der Waals surface area (Å²) in [6.45, 7) is 8.60. The van der Waals surface area contributed by atoms with Gasteiger partial charge in [-0.25, -0.2) is 0 Å². The number of hydrogen-bond acceptors (Lipinski definition) is 2. The molecule has 0 aromatic heterocycles. The molecule has 96 valence electrons. The molecule has 1 atom stereocenters. The van der Waals surface area contributed by atoms with E-state index in [0.717, 1.165) is 25.3 Å². The third-order valence-corrected chi connectivity index (χ3v) is 3.19. The smallest absolute Gasteiger partial charge is 0.122 e. The molecule has 1 fully saturated rings. The molecule has 0 saturated carbocycles. The summed E-state index contributed by atoms with van der Waals surface area (Å²) in [6.07, 6.45) is 1.46. The van der Waals surface area contributed by atoms with Crippen molar-refractivity contribution in [2.75, 3.05) is 13.1 Å². The van der Waals surface area contributed by atoms with Crippen LogP contribution in [0.2, 0.25) is 0 Å². The third-order valence-electron chi connectivity index (χ3n) is 3.19. The van der Waals surface area contributed by atoms with Crippen molar-refractivity contribution in [3.8, 4) is 5.75 Å². The van der Waals surface area contributed by atoms with Gasteiger partial charge in [0.05, 0.1) is 0 Å². The first-order valence-corrected chi connectivity index (χ1v) is 6.14. The molecular weight excluding hydrogens is 234 g/mol. The van der Waals surface area contributed by atoms with Crippen molar-refractivity contribution < 1.29 is 4.74 Å². The lowest BCUT2D eigenvalue weighted by Crippen LogP contribution is -2.20. The Morgan fingerprint density at radius 3 is 2.71 bits per heavy atom. The average molecular weight is 256 g/mol. The van der Waals surface area contributed by atoms with Crippen molar-refractivity contribution in [3.63, 3.8) is 0 Å². The number of hydrogen-bond donors (Lipinski definition) is 1. The Morgan fingerprint density at radius 2 is 2.12 bits per heavy atom. The number of nitrogens with one attached hydrogen (secondary N) is 1. The molecule has 1 saturated heterocycles. The van der Waals surface area contributed by atoms with E-state index in [0.29, 0.717) is 12.0 Å². The van der Waals surface area contributed by atoms with Crippen LogP contribution in [-0.2, 0) is 0 Å². The highest BCUT2D eigenvalue weighted by Crippen LogP contribution is 2.25. The molecule has 2 nitrogen and oxygen atoms in total. The third kappa shape index (κ3) is 3.62. The maximum Gasteiger partial charge on any atom is 0.122 e. The monoisotopic (exact) mass is 255 g/mol. The van der Waals surface area contributed by atoms with Crippen LogP contribution in [0.4, 0.5) is 0 Å². The van der Waals surface area contributed by atoms with E-state index >= 15 is 0 Å². The van der Waals surface area contributed by atoms with Gasteiger partial charge in [-0.3, -0.25) is 0 Å². The van der Waals surface area contributed by atoms with Gasteiger partial charge in [0.15, 0.2) is 0 Å². The number of ether oxygens (including phenoxy) is 1. The van der Waals surface area contributed by atoms with Gasteiger partial charge in [-0.15, -0.1) is 12.4 Å². The Kier molecular flexibility index (Phi) is 5.29. The summed E-state index contributed by atoms with van der Waals surface area (Å²) in [6, 6.07) is 6.55. The van der Waals surface area contributed by atoms with E-state index in [9.17, 15) is 0 Å². The molecule has 0 radical (unpaired) electrons. The summed E-state index contributed by atoms with van der Waals surface area (Å²) < 4.78 is 6.03. The highest BCUT2D eigenvalue weighted by molar-refractivity contribution is 5.85. The Bertz CT molecular complexity index is 359. The zero-order valence-electron chi connectivity index (χ0n) is 10.8. The minimum Gasteiger partial charge on any atom is -0.489 e. The van der Waals surface area contributed by atoms with Gasteiger partial charge in [0.2, 0.25) is 0 Å². The molecule has 1 aliphatic heterocycles. The predicted molar refractivity (Wildman–Crippen MR) is 74.4 cm³/mol. The summed E-state index contributed by atoms with van der Waals surface area (Å²) >= 11 is 0. The first kappa shape index (κ1) is 14.3. The average Bonchev–Trinajstić information content (AvgIpc) is 2.73. The molecule has 2 rings (SSSR count). The highest BCUT2D eigenvalue weighted by Gasteiger charge is 2.17. The molecule has 1 unspecified atom stereocenters. The van der Waals surface area contributed by atoms with Crippen LogP contribution in [0.25, 0.3) is 0 Å². The summed E-state index contributed by atoms with van der Waals surface area (Å²) in [4.78, 5) is 0. The first-order valence-electron chi connectivity index (χ1n) is 6.14. The second-order valence-corrected chi connectivity index (χ2v) is 4.91. The normalized spacial score (nSPS) is 19.2. The molecule has 1 N–H and O–H groups in total. The second kappa shape index (κ2) is 6.27. The molecule has 0 aliphatic carbocycles. The van der Waals surface area contributed by atoms with Crippen molar-refractivity contribution in [1.29, 1.82) is 0 Å². The highest BCUT2D eigenvalue weighted by atomic mass is 35.5. The van der Waals surface area contributed by atoms with Crippen LogP contribution in [0, 0.1) is 6.92 Å². The topological polar surface area (TPSA) is 21.3 Å². The Morgan fingerprint density at radius 1 is 1.35 bits per heavy atom. The van der Waals surface area contributed by atoms with Crippen LogP contribution in [0.15, 0.2) is 18.2 Å². The first-order chi connectivity index (χ1) is 7.66. The molecule has 1 aliphatic rings. The predicted octanol–water partition coefficient (Wildman–Crippen LogP) is 3.28. The zero-order chi connectivity index (χ0) is 11.5. The molecule has 1 heterocycles. The Labute approximate surface area is 110 Å². The van der Waals surface area contributed by atoms with Gasteiger partial charge in [0.25, 0.3) is 0 Å². The minimum absolute atomic E-state index is 0. The fourth-order valence-electron chi connectivity index (χ4n) is 2.01. The summed E-state index contributed by atoms with van der Waals surface area (Å²) in [5, 5.41) is 3.32. The van der Waals surface area contributed by atoms with Crippen LogP contribution in [-0.4, -0.2) is 19.2 Å². The number of benzene rings is 1. The van der Waals surface area contributed by atoms with E-state index in [1.807, 2.05) is 0 Å². The van der Waals surface area contributed by atoms with Gasteiger partial charge >= 0.3 is 0 Å². The van der Waals surface area contributed by atoms with Crippen LogP contribution < -0.4 is 10.1 Å². The standard InChI is InChI=1S/C14H21NO.ClH/c1-10(2)12-5-4-11(3)14(8-12)16-13-6-7-15-9-13;/h4-5,8,10,13,15H,6-7,9H2,1-3H3;1H. The van der Waals surface area contributed by atoms with Gasteiger partial charge in [-0.2, -0.15) is 0 Å². The molecular formula is C14H22ClNO. The number of aryl methyl sites for hydroxylation is 1. The molecule has 1 aromatic rings. The van der Waals surface area contributed by atoms with Crippen LogP contribution in [0.3, 0.4) is 0 Å². The molecule has 0 amide bonds. The van der Waals surface area contributed by atoms with E-state index in [1.165, 1.54) is 11.1 Å². The number of halogens is 1. The second-order valence-electron chi connectivity index (χ2n) is 4.91. The lowest BCUT2D eigenvalue weighted by molar-refractivity contribution is 0.221. The van der Waals surface area contributed by atoms with Gasteiger partial charge in [-0.1, -0.05) is 26.0 Å². The van der Waals surface area contributed by atoms with Crippen LogP contribution in [0.5, 0.6) is 5.75 Å². The summed E-state index contributed by atoms with van der Waals surface area (Å²) in [7, 11) is 0. The van der Waals surface area contributed by atoms with Crippen molar-refractivity contribution in [3.05, 3.63) is 29.3 Å². The number of rotatable bonds is 3. The lowest BCUT2D eigenvalue weighted by atomic mass is 10.0.